The van der Waals surface area contributed by atoms with E-state index >= 15 is 0 Å². The summed E-state index contributed by atoms with van der Waals surface area (Å²) < 4.78 is 10.6. The zero-order valence-electron chi connectivity index (χ0n) is 10.7. The van der Waals surface area contributed by atoms with Crippen molar-refractivity contribution in [2.45, 2.75) is 25.8 Å². The summed E-state index contributed by atoms with van der Waals surface area (Å²) in [6.07, 6.45) is 7.06. The molecule has 2 aliphatic rings. The van der Waals surface area contributed by atoms with E-state index in [-0.39, 0.29) is 12.7 Å². The molecule has 100 valence electrons. The number of carbonyl (C=O) groups is 1. The van der Waals surface area contributed by atoms with Crippen molar-refractivity contribution in [3.05, 3.63) is 35.9 Å². The highest BCUT2D eigenvalue weighted by molar-refractivity contribution is 5.76. The Bertz CT molecular complexity index is 510. The number of fused-ring (bicyclic) bond motifs is 1. The molecule has 0 radical (unpaired) electrons. The molecule has 0 saturated heterocycles. The summed E-state index contributed by atoms with van der Waals surface area (Å²) in [7, 11) is 0. The lowest BCUT2D eigenvalue weighted by molar-refractivity contribution is -0.121. The van der Waals surface area contributed by atoms with Crippen LogP contribution >= 0.6 is 0 Å². The van der Waals surface area contributed by atoms with Crippen molar-refractivity contribution in [2.24, 2.45) is 5.92 Å². The maximum absolute atomic E-state index is 11.8. The Balaban J connectivity index is 1.51. The lowest BCUT2D eigenvalue weighted by Gasteiger charge is -2.09. The van der Waals surface area contributed by atoms with E-state index in [4.69, 9.17) is 9.47 Å². The molecule has 4 heteroatoms. The lowest BCUT2D eigenvalue weighted by atomic mass is 10.1. The molecule has 1 unspecified atom stereocenters. The molecule has 1 heterocycles. The molecule has 1 aliphatic carbocycles. The van der Waals surface area contributed by atoms with Crippen molar-refractivity contribution in [2.75, 3.05) is 6.79 Å². The van der Waals surface area contributed by atoms with E-state index in [1.54, 1.807) is 0 Å². The number of carbonyl (C=O) groups excluding carboxylic acids is 1. The van der Waals surface area contributed by atoms with Gasteiger partial charge in [-0.15, -0.1) is 0 Å². The van der Waals surface area contributed by atoms with Crippen molar-refractivity contribution in [3.63, 3.8) is 0 Å². The van der Waals surface area contributed by atoms with Crippen LogP contribution in [0.1, 0.15) is 24.8 Å². The number of hydrogen-bond donors (Lipinski definition) is 1. The summed E-state index contributed by atoms with van der Waals surface area (Å²) >= 11 is 0. The first kappa shape index (κ1) is 12.1. The standard InChI is InChI=1S/C15H17NO3/c17-15(8-11-3-1-2-4-11)16-9-12-5-6-13-14(7-12)19-10-18-13/h1,3,5-7,11H,2,4,8-10H2,(H,16,17). The maximum atomic E-state index is 11.8. The predicted molar refractivity (Wildman–Crippen MR) is 70.9 cm³/mol. The largest absolute Gasteiger partial charge is 0.454 e. The minimum atomic E-state index is 0.106. The number of ether oxygens (including phenoxy) is 2. The van der Waals surface area contributed by atoms with Crippen LogP contribution in [0.4, 0.5) is 0 Å². The van der Waals surface area contributed by atoms with Gasteiger partial charge in [0.05, 0.1) is 0 Å². The molecule has 1 N–H and O–H groups in total. The van der Waals surface area contributed by atoms with E-state index < -0.39 is 0 Å². The van der Waals surface area contributed by atoms with Crippen LogP contribution in [0.3, 0.4) is 0 Å². The van der Waals surface area contributed by atoms with Gasteiger partial charge in [0.2, 0.25) is 12.7 Å². The van der Waals surface area contributed by atoms with Crippen LogP contribution in [0, 0.1) is 5.92 Å². The lowest BCUT2D eigenvalue weighted by Crippen LogP contribution is -2.24. The van der Waals surface area contributed by atoms with E-state index in [0.717, 1.165) is 29.9 Å². The highest BCUT2D eigenvalue weighted by atomic mass is 16.7. The quantitative estimate of drug-likeness (QED) is 0.845. The second kappa shape index (κ2) is 5.34. The summed E-state index contributed by atoms with van der Waals surface area (Å²) in [6.45, 7) is 0.811. The molecule has 1 amide bonds. The second-order valence-corrected chi connectivity index (χ2v) is 4.93. The van der Waals surface area contributed by atoms with Gasteiger partial charge in [0.25, 0.3) is 0 Å². The Labute approximate surface area is 112 Å². The second-order valence-electron chi connectivity index (χ2n) is 4.93. The third kappa shape index (κ3) is 2.89. The van der Waals surface area contributed by atoms with Crippen LogP contribution in [0.5, 0.6) is 11.5 Å². The van der Waals surface area contributed by atoms with Gasteiger partial charge in [-0.2, -0.15) is 0 Å². The smallest absolute Gasteiger partial charge is 0.231 e. The summed E-state index contributed by atoms with van der Waals surface area (Å²) in [6, 6.07) is 5.74. The monoisotopic (exact) mass is 259 g/mol. The third-order valence-electron chi connectivity index (χ3n) is 3.49. The molecule has 4 nitrogen and oxygen atoms in total. The van der Waals surface area contributed by atoms with Crippen LogP contribution in [0.2, 0.25) is 0 Å². The maximum Gasteiger partial charge on any atom is 0.231 e. The Kier molecular flexibility index (Phi) is 3.40. The Morgan fingerprint density at radius 2 is 2.21 bits per heavy atom. The summed E-state index contributed by atoms with van der Waals surface area (Å²) in [5, 5.41) is 2.95. The van der Waals surface area contributed by atoms with Crippen molar-refractivity contribution in [1.29, 1.82) is 0 Å². The average molecular weight is 259 g/mol. The molecule has 0 spiro atoms. The third-order valence-corrected chi connectivity index (χ3v) is 3.49. The first-order valence-electron chi connectivity index (χ1n) is 6.63. The van der Waals surface area contributed by atoms with Gasteiger partial charge >= 0.3 is 0 Å². The first-order chi connectivity index (χ1) is 9.31. The van der Waals surface area contributed by atoms with Gasteiger partial charge < -0.3 is 14.8 Å². The molecular weight excluding hydrogens is 242 g/mol. The van der Waals surface area contributed by atoms with E-state index in [1.165, 1.54) is 0 Å². The SMILES string of the molecule is O=C(CC1C=CCC1)NCc1ccc2c(c1)OCO2. The molecule has 1 atom stereocenters. The van der Waals surface area contributed by atoms with E-state index in [2.05, 4.69) is 17.5 Å². The number of allylic oxidation sites excluding steroid dienone is 2. The van der Waals surface area contributed by atoms with E-state index in [1.807, 2.05) is 18.2 Å². The average Bonchev–Trinajstić information content (AvgIpc) is 3.06. The van der Waals surface area contributed by atoms with Gasteiger partial charge in [-0.25, -0.2) is 0 Å². The van der Waals surface area contributed by atoms with Crippen LogP contribution in [0.25, 0.3) is 0 Å². The van der Waals surface area contributed by atoms with Gasteiger partial charge in [0.1, 0.15) is 0 Å². The summed E-state index contributed by atoms with van der Waals surface area (Å²) in [5.41, 5.74) is 1.03. The Morgan fingerprint density at radius 1 is 1.32 bits per heavy atom. The number of amides is 1. The number of rotatable bonds is 4. The molecule has 0 aromatic heterocycles. The van der Waals surface area contributed by atoms with Crippen LogP contribution in [-0.4, -0.2) is 12.7 Å². The van der Waals surface area contributed by atoms with Crippen molar-refractivity contribution in [3.8, 4) is 11.5 Å². The predicted octanol–water partition coefficient (Wildman–Crippen LogP) is 2.39. The van der Waals surface area contributed by atoms with Crippen LogP contribution < -0.4 is 14.8 Å². The fourth-order valence-electron chi connectivity index (χ4n) is 2.43. The molecule has 0 saturated carbocycles. The van der Waals surface area contributed by atoms with Gasteiger partial charge in [-0.05, 0) is 36.5 Å². The Hall–Kier alpha value is -1.97. The van der Waals surface area contributed by atoms with Gasteiger partial charge in [0, 0.05) is 13.0 Å². The minimum Gasteiger partial charge on any atom is -0.454 e. The van der Waals surface area contributed by atoms with Crippen molar-refractivity contribution < 1.29 is 14.3 Å². The van der Waals surface area contributed by atoms with Crippen LogP contribution in [-0.2, 0) is 11.3 Å². The first-order valence-corrected chi connectivity index (χ1v) is 6.63. The molecule has 1 aromatic carbocycles. The summed E-state index contributed by atoms with van der Waals surface area (Å²) in [4.78, 5) is 11.8. The topological polar surface area (TPSA) is 47.6 Å². The summed E-state index contributed by atoms with van der Waals surface area (Å²) in [5.74, 6) is 2.04. The van der Waals surface area contributed by atoms with Gasteiger partial charge in [0.15, 0.2) is 11.5 Å². The molecule has 1 aliphatic heterocycles. The fourth-order valence-corrected chi connectivity index (χ4v) is 2.43. The van der Waals surface area contributed by atoms with Crippen LogP contribution in [0.15, 0.2) is 30.4 Å². The van der Waals surface area contributed by atoms with E-state index in [9.17, 15) is 4.79 Å². The molecular formula is C15H17NO3. The number of hydrogen-bond acceptors (Lipinski definition) is 3. The van der Waals surface area contributed by atoms with Crippen molar-refractivity contribution in [1.82, 2.24) is 5.32 Å². The van der Waals surface area contributed by atoms with E-state index in [0.29, 0.717) is 18.9 Å². The van der Waals surface area contributed by atoms with Gasteiger partial charge in [-0.3, -0.25) is 4.79 Å². The normalized spacial score (nSPS) is 19.7. The molecule has 19 heavy (non-hydrogen) atoms. The van der Waals surface area contributed by atoms with Gasteiger partial charge in [-0.1, -0.05) is 18.2 Å². The zero-order chi connectivity index (χ0) is 13.1. The minimum absolute atomic E-state index is 0.106. The molecule has 0 bridgehead atoms. The molecule has 1 aromatic rings. The number of nitrogens with one attached hydrogen (secondary N) is 1. The van der Waals surface area contributed by atoms with Crippen molar-refractivity contribution >= 4 is 5.91 Å². The number of benzene rings is 1. The molecule has 0 fully saturated rings. The zero-order valence-corrected chi connectivity index (χ0v) is 10.7. The Morgan fingerprint density at radius 3 is 3.05 bits per heavy atom. The highest BCUT2D eigenvalue weighted by Crippen LogP contribution is 2.32. The molecule has 3 rings (SSSR count). The highest BCUT2D eigenvalue weighted by Gasteiger charge is 2.15. The fraction of sp³-hybridized carbons (Fsp3) is 0.400.